The Kier molecular flexibility index (Phi) is 2.17. The number of alkyl halides is 3. The molecule has 0 radical (unpaired) electrons. The second kappa shape index (κ2) is 2.84. The smallest absolute Gasteiger partial charge is 0.449 e. The molecule has 0 saturated carbocycles. The van der Waals surface area contributed by atoms with Crippen LogP contribution in [0.5, 0.6) is 0 Å². The first-order valence-electron chi connectivity index (χ1n) is 3.57. The Bertz CT molecular complexity index is 260. The van der Waals surface area contributed by atoms with Crippen LogP contribution in [0.3, 0.4) is 0 Å². The van der Waals surface area contributed by atoms with Crippen LogP contribution in [0.25, 0.3) is 0 Å². The molecule has 4 heteroatoms. The number of hydrogen-bond acceptors (Lipinski definition) is 1. The Balaban J connectivity index is 2.92. The first-order chi connectivity index (χ1) is 5.41. The van der Waals surface area contributed by atoms with E-state index in [1.54, 1.807) is 0 Å². The van der Waals surface area contributed by atoms with Gasteiger partial charge in [-0.3, -0.25) is 0 Å². The molecular formula is C8H9F3O. The third-order valence-electron chi connectivity index (χ3n) is 1.57. The standard InChI is InChI=1S/C8H9F3O/c1-5(2)6-3-7(12-4-6)8(9,10)11/h3-5H,1-2H3. The first kappa shape index (κ1) is 9.16. The number of furan rings is 1. The van der Waals surface area contributed by atoms with Gasteiger partial charge in [-0.1, -0.05) is 13.8 Å². The van der Waals surface area contributed by atoms with E-state index in [4.69, 9.17) is 0 Å². The van der Waals surface area contributed by atoms with Gasteiger partial charge in [0, 0.05) is 0 Å². The molecule has 1 aromatic rings. The van der Waals surface area contributed by atoms with E-state index in [2.05, 4.69) is 4.42 Å². The third kappa shape index (κ3) is 1.81. The summed E-state index contributed by atoms with van der Waals surface area (Å²) >= 11 is 0. The monoisotopic (exact) mass is 178 g/mol. The maximum atomic E-state index is 12.0. The van der Waals surface area contributed by atoms with E-state index in [9.17, 15) is 13.2 Å². The Labute approximate surface area is 68.2 Å². The summed E-state index contributed by atoms with van der Waals surface area (Å²) < 4.78 is 40.3. The fourth-order valence-electron chi connectivity index (χ4n) is 0.802. The normalized spacial score (nSPS) is 12.5. The number of rotatable bonds is 1. The van der Waals surface area contributed by atoms with Crippen molar-refractivity contribution in [2.75, 3.05) is 0 Å². The molecule has 0 amide bonds. The van der Waals surface area contributed by atoms with Gasteiger partial charge in [0.1, 0.15) is 0 Å². The lowest BCUT2D eigenvalue weighted by Gasteiger charge is -1.99. The lowest BCUT2D eigenvalue weighted by Crippen LogP contribution is -2.02. The van der Waals surface area contributed by atoms with Crippen LogP contribution in [0.2, 0.25) is 0 Å². The van der Waals surface area contributed by atoms with Crippen molar-refractivity contribution in [1.82, 2.24) is 0 Å². The van der Waals surface area contributed by atoms with Gasteiger partial charge >= 0.3 is 6.18 Å². The summed E-state index contributed by atoms with van der Waals surface area (Å²) in [5.74, 6) is -0.865. The number of hydrogen-bond donors (Lipinski definition) is 0. The van der Waals surface area contributed by atoms with Crippen molar-refractivity contribution in [3.05, 3.63) is 23.7 Å². The quantitative estimate of drug-likeness (QED) is 0.642. The van der Waals surface area contributed by atoms with Crippen LogP contribution in [-0.2, 0) is 6.18 Å². The molecule has 68 valence electrons. The summed E-state index contributed by atoms with van der Waals surface area (Å²) in [5.41, 5.74) is 0.572. The van der Waals surface area contributed by atoms with Gasteiger partial charge in [0.05, 0.1) is 6.26 Å². The van der Waals surface area contributed by atoms with Crippen LogP contribution in [-0.4, -0.2) is 0 Å². The van der Waals surface area contributed by atoms with Crippen LogP contribution < -0.4 is 0 Å². The summed E-state index contributed by atoms with van der Waals surface area (Å²) in [6.45, 7) is 3.62. The molecule has 1 nitrogen and oxygen atoms in total. The Morgan fingerprint density at radius 1 is 1.33 bits per heavy atom. The molecule has 0 aliphatic carbocycles. The van der Waals surface area contributed by atoms with Crippen molar-refractivity contribution in [3.8, 4) is 0 Å². The fourth-order valence-corrected chi connectivity index (χ4v) is 0.802. The van der Waals surface area contributed by atoms with Crippen molar-refractivity contribution in [1.29, 1.82) is 0 Å². The third-order valence-corrected chi connectivity index (χ3v) is 1.57. The van der Waals surface area contributed by atoms with E-state index in [0.717, 1.165) is 12.3 Å². The van der Waals surface area contributed by atoms with E-state index in [1.807, 2.05) is 13.8 Å². The average molecular weight is 178 g/mol. The van der Waals surface area contributed by atoms with Crippen LogP contribution >= 0.6 is 0 Å². The molecule has 0 bridgehead atoms. The van der Waals surface area contributed by atoms with Gasteiger partial charge < -0.3 is 4.42 Å². The molecule has 0 spiro atoms. The Morgan fingerprint density at radius 3 is 2.17 bits per heavy atom. The van der Waals surface area contributed by atoms with E-state index in [0.29, 0.717) is 5.56 Å². The maximum absolute atomic E-state index is 12.0. The van der Waals surface area contributed by atoms with Crippen molar-refractivity contribution >= 4 is 0 Å². The van der Waals surface area contributed by atoms with Crippen molar-refractivity contribution < 1.29 is 17.6 Å². The predicted octanol–water partition coefficient (Wildman–Crippen LogP) is 3.42. The van der Waals surface area contributed by atoms with Gasteiger partial charge in [-0.15, -0.1) is 0 Å². The SMILES string of the molecule is CC(C)c1coc(C(F)(F)F)c1. The minimum Gasteiger partial charge on any atom is -0.459 e. The van der Waals surface area contributed by atoms with Crippen molar-refractivity contribution in [3.63, 3.8) is 0 Å². The minimum atomic E-state index is -4.37. The molecule has 0 aliphatic rings. The summed E-state index contributed by atoms with van der Waals surface area (Å²) in [7, 11) is 0. The summed E-state index contributed by atoms with van der Waals surface area (Å²) in [6.07, 6.45) is -3.22. The highest BCUT2D eigenvalue weighted by molar-refractivity contribution is 5.17. The Morgan fingerprint density at radius 2 is 1.92 bits per heavy atom. The molecule has 0 fully saturated rings. The zero-order valence-corrected chi connectivity index (χ0v) is 6.77. The molecule has 0 N–H and O–H groups in total. The lowest BCUT2D eigenvalue weighted by atomic mass is 10.1. The van der Waals surface area contributed by atoms with Gasteiger partial charge in [-0.05, 0) is 17.5 Å². The van der Waals surface area contributed by atoms with Gasteiger partial charge in [0.15, 0.2) is 0 Å². The zero-order chi connectivity index (χ0) is 9.35. The molecule has 0 aromatic carbocycles. The molecule has 1 aromatic heterocycles. The Hall–Kier alpha value is -0.930. The van der Waals surface area contributed by atoms with Gasteiger partial charge in [0.25, 0.3) is 0 Å². The second-order valence-corrected chi connectivity index (χ2v) is 2.90. The van der Waals surface area contributed by atoms with E-state index < -0.39 is 11.9 Å². The molecular weight excluding hydrogens is 169 g/mol. The average Bonchev–Trinajstić information content (AvgIpc) is 2.30. The zero-order valence-electron chi connectivity index (χ0n) is 6.77. The van der Waals surface area contributed by atoms with Gasteiger partial charge in [-0.25, -0.2) is 0 Å². The van der Waals surface area contributed by atoms with E-state index >= 15 is 0 Å². The molecule has 12 heavy (non-hydrogen) atoms. The van der Waals surface area contributed by atoms with Crippen LogP contribution in [0, 0.1) is 0 Å². The molecule has 0 aliphatic heterocycles. The van der Waals surface area contributed by atoms with E-state index in [-0.39, 0.29) is 5.92 Å². The maximum Gasteiger partial charge on any atom is 0.449 e. The predicted molar refractivity (Wildman–Crippen MR) is 37.8 cm³/mol. The second-order valence-electron chi connectivity index (χ2n) is 2.90. The van der Waals surface area contributed by atoms with Crippen molar-refractivity contribution in [2.24, 2.45) is 0 Å². The van der Waals surface area contributed by atoms with Crippen LogP contribution in [0.15, 0.2) is 16.7 Å². The van der Waals surface area contributed by atoms with Crippen LogP contribution in [0.1, 0.15) is 31.1 Å². The molecule has 1 rings (SSSR count). The number of halogens is 3. The summed E-state index contributed by atoms with van der Waals surface area (Å²) in [4.78, 5) is 0. The largest absolute Gasteiger partial charge is 0.459 e. The van der Waals surface area contributed by atoms with E-state index in [1.165, 1.54) is 0 Å². The summed E-state index contributed by atoms with van der Waals surface area (Å²) in [6, 6.07) is 1.03. The van der Waals surface area contributed by atoms with Crippen LogP contribution in [0.4, 0.5) is 13.2 Å². The highest BCUT2D eigenvalue weighted by Crippen LogP contribution is 2.32. The minimum absolute atomic E-state index is 0.0600. The molecule has 0 atom stereocenters. The fraction of sp³-hybridized carbons (Fsp3) is 0.500. The molecule has 0 unspecified atom stereocenters. The topological polar surface area (TPSA) is 13.1 Å². The van der Waals surface area contributed by atoms with Gasteiger partial charge in [-0.2, -0.15) is 13.2 Å². The highest BCUT2D eigenvalue weighted by Gasteiger charge is 2.34. The first-order valence-corrected chi connectivity index (χ1v) is 3.57. The summed E-state index contributed by atoms with van der Waals surface area (Å²) in [5, 5.41) is 0. The lowest BCUT2D eigenvalue weighted by molar-refractivity contribution is -0.153. The highest BCUT2D eigenvalue weighted by atomic mass is 19.4. The molecule has 1 heterocycles. The van der Waals surface area contributed by atoms with Gasteiger partial charge in [0.2, 0.25) is 5.76 Å². The van der Waals surface area contributed by atoms with Crippen molar-refractivity contribution in [2.45, 2.75) is 25.9 Å². The molecule has 0 saturated heterocycles.